The lowest BCUT2D eigenvalue weighted by Gasteiger charge is -2.10. The lowest BCUT2D eigenvalue weighted by atomic mass is 10.2. The third-order valence-corrected chi connectivity index (χ3v) is 3.03. The third-order valence-electron chi connectivity index (χ3n) is 2.49. The SMILES string of the molecule is Fc1cccc(CCl)c1OCc1ccc(Cl)cc1. The van der Waals surface area contributed by atoms with Crippen LogP contribution in [0.25, 0.3) is 0 Å². The fourth-order valence-corrected chi connectivity index (χ4v) is 1.89. The fraction of sp³-hybridized carbons (Fsp3) is 0.143. The highest BCUT2D eigenvalue weighted by atomic mass is 35.5. The van der Waals surface area contributed by atoms with Crippen molar-refractivity contribution in [2.24, 2.45) is 0 Å². The van der Waals surface area contributed by atoms with E-state index in [1.54, 1.807) is 24.3 Å². The molecule has 0 saturated heterocycles. The first-order valence-electron chi connectivity index (χ1n) is 5.41. The van der Waals surface area contributed by atoms with Gasteiger partial charge in [-0.15, -0.1) is 11.6 Å². The molecule has 94 valence electrons. The van der Waals surface area contributed by atoms with Crippen LogP contribution in [0.4, 0.5) is 4.39 Å². The number of alkyl halides is 1. The molecular weight excluding hydrogens is 274 g/mol. The topological polar surface area (TPSA) is 9.23 Å². The van der Waals surface area contributed by atoms with Gasteiger partial charge >= 0.3 is 0 Å². The minimum absolute atomic E-state index is 0.211. The van der Waals surface area contributed by atoms with Crippen LogP contribution < -0.4 is 4.74 Å². The predicted molar refractivity (Wildman–Crippen MR) is 71.7 cm³/mol. The van der Waals surface area contributed by atoms with E-state index in [9.17, 15) is 4.39 Å². The van der Waals surface area contributed by atoms with Crippen LogP contribution in [0.1, 0.15) is 11.1 Å². The Hall–Kier alpha value is -1.25. The van der Waals surface area contributed by atoms with Gasteiger partial charge in [-0.05, 0) is 23.8 Å². The second-order valence-electron chi connectivity index (χ2n) is 3.78. The summed E-state index contributed by atoms with van der Waals surface area (Å²) in [6, 6.07) is 11.9. The summed E-state index contributed by atoms with van der Waals surface area (Å²) in [6.45, 7) is 0.280. The molecule has 0 aliphatic heterocycles. The third kappa shape index (κ3) is 3.15. The summed E-state index contributed by atoms with van der Waals surface area (Å²) in [7, 11) is 0. The van der Waals surface area contributed by atoms with Gasteiger partial charge < -0.3 is 4.74 Å². The van der Waals surface area contributed by atoms with Crippen LogP contribution in [0.2, 0.25) is 5.02 Å². The second kappa shape index (κ2) is 6.07. The minimum Gasteiger partial charge on any atom is -0.485 e. The monoisotopic (exact) mass is 284 g/mol. The Morgan fingerprint density at radius 2 is 1.78 bits per heavy atom. The Morgan fingerprint density at radius 3 is 2.44 bits per heavy atom. The van der Waals surface area contributed by atoms with E-state index in [1.165, 1.54) is 6.07 Å². The lowest BCUT2D eigenvalue weighted by Crippen LogP contribution is -2.00. The molecule has 0 saturated carbocycles. The molecule has 0 radical (unpaired) electrons. The van der Waals surface area contributed by atoms with Crippen molar-refractivity contribution in [1.29, 1.82) is 0 Å². The maximum Gasteiger partial charge on any atom is 0.165 e. The van der Waals surface area contributed by atoms with Crippen LogP contribution in [0.5, 0.6) is 5.75 Å². The highest BCUT2D eigenvalue weighted by Crippen LogP contribution is 2.25. The van der Waals surface area contributed by atoms with Gasteiger partial charge in [-0.25, -0.2) is 4.39 Å². The molecule has 4 heteroatoms. The van der Waals surface area contributed by atoms with Crippen molar-refractivity contribution in [3.8, 4) is 5.75 Å². The van der Waals surface area contributed by atoms with Gasteiger partial charge in [0.25, 0.3) is 0 Å². The van der Waals surface area contributed by atoms with Gasteiger partial charge in [0, 0.05) is 10.6 Å². The summed E-state index contributed by atoms with van der Waals surface area (Å²) >= 11 is 11.5. The van der Waals surface area contributed by atoms with Gasteiger partial charge in [-0.3, -0.25) is 0 Å². The molecule has 2 aromatic rings. The Bertz CT molecular complexity index is 526. The summed E-state index contributed by atoms with van der Waals surface area (Å²) < 4.78 is 19.1. The smallest absolute Gasteiger partial charge is 0.165 e. The molecule has 0 atom stereocenters. The van der Waals surface area contributed by atoms with E-state index in [-0.39, 0.29) is 18.2 Å². The lowest BCUT2D eigenvalue weighted by molar-refractivity contribution is 0.288. The van der Waals surface area contributed by atoms with E-state index in [2.05, 4.69) is 0 Å². The van der Waals surface area contributed by atoms with E-state index in [0.717, 1.165) is 5.56 Å². The van der Waals surface area contributed by atoms with Gasteiger partial charge in [-0.1, -0.05) is 35.9 Å². The van der Waals surface area contributed by atoms with Gasteiger partial charge in [0.1, 0.15) is 6.61 Å². The maximum absolute atomic E-state index is 13.6. The van der Waals surface area contributed by atoms with Gasteiger partial charge in [0.05, 0.1) is 5.88 Å². The van der Waals surface area contributed by atoms with Crippen molar-refractivity contribution in [3.63, 3.8) is 0 Å². The largest absolute Gasteiger partial charge is 0.485 e. The number of ether oxygens (including phenoxy) is 1. The van der Waals surface area contributed by atoms with Crippen LogP contribution >= 0.6 is 23.2 Å². The Labute approximate surface area is 115 Å². The molecule has 0 bridgehead atoms. The molecule has 18 heavy (non-hydrogen) atoms. The first-order chi connectivity index (χ1) is 8.70. The zero-order chi connectivity index (χ0) is 13.0. The van der Waals surface area contributed by atoms with Crippen molar-refractivity contribution < 1.29 is 9.13 Å². The molecule has 0 unspecified atom stereocenters. The molecule has 0 spiro atoms. The normalized spacial score (nSPS) is 10.4. The van der Waals surface area contributed by atoms with E-state index in [0.29, 0.717) is 10.6 Å². The Morgan fingerprint density at radius 1 is 1.06 bits per heavy atom. The summed E-state index contributed by atoms with van der Waals surface area (Å²) in [4.78, 5) is 0. The Kier molecular flexibility index (Phi) is 4.45. The van der Waals surface area contributed by atoms with Gasteiger partial charge in [0.15, 0.2) is 11.6 Å². The van der Waals surface area contributed by atoms with E-state index in [4.69, 9.17) is 27.9 Å². The van der Waals surface area contributed by atoms with Crippen LogP contribution in [0.3, 0.4) is 0 Å². The Balaban J connectivity index is 2.12. The number of hydrogen-bond donors (Lipinski definition) is 0. The predicted octanol–water partition coefficient (Wildman–Crippen LogP) is 4.80. The number of rotatable bonds is 4. The quantitative estimate of drug-likeness (QED) is 0.733. The highest BCUT2D eigenvalue weighted by molar-refractivity contribution is 6.30. The average molecular weight is 285 g/mol. The molecule has 2 aromatic carbocycles. The maximum atomic E-state index is 13.6. The zero-order valence-electron chi connectivity index (χ0n) is 9.50. The van der Waals surface area contributed by atoms with Crippen LogP contribution in [-0.2, 0) is 12.5 Å². The van der Waals surface area contributed by atoms with Crippen LogP contribution in [0.15, 0.2) is 42.5 Å². The number of benzene rings is 2. The highest BCUT2D eigenvalue weighted by Gasteiger charge is 2.09. The average Bonchev–Trinajstić information content (AvgIpc) is 2.39. The number of hydrogen-bond acceptors (Lipinski definition) is 1. The molecular formula is C14H11Cl2FO. The van der Waals surface area contributed by atoms with Crippen LogP contribution in [-0.4, -0.2) is 0 Å². The summed E-state index contributed by atoms with van der Waals surface area (Å²) in [6.07, 6.45) is 0. The van der Waals surface area contributed by atoms with E-state index < -0.39 is 5.82 Å². The standard InChI is InChI=1S/C14H11Cl2FO/c15-8-11-2-1-3-13(17)14(11)18-9-10-4-6-12(16)7-5-10/h1-7H,8-9H2. The van der Waals surface area contributed by atoms with Crippen molar-refractivity contribution in [2.75, 3.05) is 0 Å². The summed E-state index contributed by atoms with van der Waals surface area (Å²) in [5, 5.41) is 0.658. The molecule has 0 aliphatic carbocycles. The minimum atomic E-state index is -0.401. The number of para-hydroxylation sites is 1. The first kappa shape index (κ1) is 13.2. The van der Waals surface area contributed by atoms with Gasteiger partial charge in [-0.2, -0.15) is 0 Å². The molecule has 0 aromatic heterocycles. The molecule has 2 rings (SSSR count). The number of halogens is 3. The second-order valence-corrected chi connectivity index (χ2v) is 4.48. The van der Waals surface area contributed by atoms with E-state index in [1.807, 2.05) is 12.1 Å². The molecule has 0 N–H and O–H groups in total. The van der Waals surface area contributed by atoms with Crippen LogP contribution in [0, 0.1) is 5.82 Å². The molecule has 0 amide bonds. The molecule has 0 fully saturated rings. The van der Waals surface area contributed by atoms with Gasteiger partial charge in [0.2, 0.25) is 0 Å². The summed E-state index contributed by atoms with van der Waals surface area (Å²) in [5.74, 6) is 0.0258. The van der Waals surface area contributed by atoms with Crippen molar-refractivity contribution >= 4 is 23.2 Å². The zero-order valence-corrected chi connectivity index (χ0v) is 11.0. The van der Waals surface area contributed by atoms with Crippen molar-refractivity contribution in [1.82, 2.24) is 0 Å². The van der Waals surface area contributed by atoms with E-state index >= 15 is 0 Å². The summed E-state index contributed by atoms with van der Waals surface area (Å²) in [5.41, 5.74) is 1.56. The van der Waals surface area contributed by atoms with Crippen molar-refractivity contribution in [2.45, 2.75) is 12.5 Å². The molecule has 0 aliphatic rings. The molecule has 0 heterocycles. The fourth-order valence-electron chi connectivity index (χ4n) is 1.56. The molecule has 1 nitrogen and oxygen atoms in total. The first-order valence-corrected chi connectivity index (χ1v) is 6.32. The van der Waals surface area contributed by atoms with Crippen molar-refractivity contribution in [3.05, 3.63) is 64.4 Å².